The van der Waals surface area contributed by atoms with E-state index >= 15 is 0 Å². The van der Waals surface area contributed by atoms with Crippen LogP contribution in [0.3, 0.4) is 0 Å². The van der Waals surface area contributed by atoms with Gasteiger partial charge in [0.2, 0.25) is 0 Å². The molecule has 0 spiro atoms. The third kappa shape index (κ3) is 3.19. The summed E-state index contributed by atoms with van der Waals surface area (Å²) in [4.78, 5) is 0. The van der Waals surface area contributed by atoms with Crippen LogP contribution in [0.25, 0.3) is 11.1 Å². The van der Waals surface area contributed by atoms with Crippen LogP contribution in [-0.4, -0.2) is 11.5 Å². The minimum atomic E-state index is -4.73. The van der Waals surface area contributed by atoms with Crippen LogP contribution < -0.4 is 4.74 Å². The van der Waals surface area contributed by atoms with Crippen molar-refractivity contribution in [1.29, 1.82) is 0 Å². The summed E-state index contributed by atoms with van der Waals surface area (Å²) < 4.78 is 40.9. The molecule has 0 unspecified atom stereocenters. The van der Waals surface area contributed by atoms with Gasteiger partial charge in [0.05, 0.1) is 0 Å². The first-order valence-electron chi connectivity index (χ1n) is 5.51. The van der Waals surface area contributed by atoms with Gasteiger partial charge >= 0.3 is 6.36 Å². The van der Waals surface area contributed by atoms with Gasteiger partial charge in [-0.2, -0.15) is 0 Å². The summed E-state index contributed by atoms with van der Waals surface area (Å²) >= 11 is 0. The van der Waals surface area contributed by atoms with E-state index < -0.39 is 6.36 Å². The van der Waals surface area contributed by atoms with Crippen molar-refractivity contribution in [2.75, 3.05) is 0 Å². The van der Waals surface area contributed by atoms with Crippen molar-refractivity contribution in [3.05, 3.63) is 48.0 Å². The highest BCUT2D eigenvalue weighted by Crippen LogP contribution is 2.35. The van der Waals surface area contributed by atoms with Gasteiger partial charge in [-0.25, -0.2) is 0 Å². The van der Waals surface area contributed by atoms with Crippen LogP contribution in [0.15, 0.2) is 42.5 Å². The lowest BCUT2D eigenvalue weighted by Gasteiger charge is -2.13. The van der Waals surface area contributed by atoms with Gasteiger partial charge in [0.25, 0.3) is 0 Å². The summed E-state index contributed by atoms with van der Waals surface area (Å²) in [6.07, 6.45) is -4.73. The molecule has 0 amide bonds. The molecule has 0 heterocycles. The van der Waals surface area contributed by atoms with Gasteiger partial charge in [-0.3, -0.25) is 0 Å². The molecule has 0 atom stereocenters. The van der Waals surface area contributed by atoms with E-state index in [0.29, 0.717) is 16.7 Å². The summed E-state index contributed by atoms with van der Waals surface area (Å²) in [5.41, 5.74) is 1.46. The molecule has 0 saturated heterocycles. The molecular weight excluding hydrogens is 257 g/mol. The lowest BCUT2D eigenvalue weighted by molar-refractivity contribution is -0.274. The molecule has 2 nitrogen and oxygen atoms in total. The van der Waals surface area contributed by atoms with E-state index in [4.69, 9.17) is 0 Å². The largest absolute Gasteiger partial charge is 0.573 e. The molecule has 0 aliphatic heterocycles. The number of hydrogen-bond donors (Lipinski definition) is 1. The zero-order valence-corrected chi connectivity index (χ0v) is 10.0. The van der Waals surface area contributed by atoms with E-state index in [9.17, 15) is 18.3 Å². The number of alkyl halides is 3. The average Bonchev–Trinajstić information content (AvgIpc) is 2.31. The van der Waals surface area contributed by atoms with Crippen molar-refractivity contribution < 1.29 is 23.0 Å². The Morgan fingerprint density at radius 2 is 1.74 bits per heavy atom. The average molecular weight is 268 g/mol. The van der Waals surface area contributed by atoms with E-state index in [1.165, 1.54) is 24.3 Å². The number of hydrogen-bond acceptors (Lipinski definition) is 2. The summed E-state index contributed by atoms with van der Waals surface area (Å²) in [7, 11) is 0. The zero-order valence-electron chi connectivity index (χ0n) is 10.0. The minimum absolute atomic E-state index is 0.0953. The van der Waals surface area contributed by atoms with Gasteiger partial charge in [-0.15, -0.1) is 13.2 Å². The van der Waals surface area contributed by atoms with Crippen molar-refractivity contribution in [1.82, 2.24) is 0 Å². The van der Waals surface area contributed by atoms with Gasteiger partial charge < -0.3 is 9.84 Å². The van der Waals surface area contributed by atoms with E-state index in [1.807, 2.05) is 0 Å². The Kier molecular flexibility index (Phi) is 3.38. The van der Waals surface area contributed by atoms with Crippen molar-refractivity contribution in [3.63, 3.8) is 0 Å². The Morgan fingerprint density at radius 1 is 1.05 bits per heavy atom. The molecule has 19 heavy (non-hydrogen) atoms. The number of para-hydroxylation sites is 1. The third-order valence-electron chi connectivity index (χ3n) is 2.62. The van der Waals surface area contributed by atoms with Crippen LogP contribution >= 0.6 is 0 Å². The summed E-state index contributed by atoms with van der Waals surface area (Å²) in [6.45, 7) is 1.67. The number of ether oxygens (including phenoxy) is 1. The Morgan fingerprint density at radius 3 is 2.37 bits per heavy atom. The highest BCUT2D eigenvalue weighted by Gasteiger charge is 2.32. The molecule has 5 heteroatoms. The molecule has 2 aromatic rings. The monoisotopic (exact) mass is 268 g/mol. The standard InChI is InChI=1S/C14H11F3O2/c1-9-8-10(6-7-12(9)18)11-4-2-3-5-13(11)19-14(15,16)17/h2-8,18H,1H3. The topological polar surface area (TPSA) is 29.5 Å². The van der Waals surface area contributed by atoms with Crippen molar-refractivity contribution in [3.8, 4) is 22.6 Å². The first-order valence-corrected chi connectivity index (χ1v) is 5.51. The molecule has 0 saturated carbocycles. The SMILES string of the molecule is Cc1cc(-c2ccccc2OC(F)(F)F)ccc1O. The van der Waals surface area contributed by atoms with Crippen LogP contribution in [0.2, 0.25) is 0 Å². The number of aryl methyl sites for hydroxylation is 1. The zero-order chi connectivity index (χ0) is 14.0. The lowest BCUT2D eigenvalue weighted by atomic mass is 10.0. The highest BCUT2D eigenvalue weighted by atomic mass is 19.4. The normalized spacial score (nSPS) is 11.4. The molecule has 0 aliphatic carbocycles. The van der Waals surface area contributed by atoms with Crippen LogP contribution in [0, 0.1) is 6.92 Å². The number of benzene rings is 2. The molecule has 0 aromatic heterocycles. The molecule has 0 radical (unpaired) electrons. The van der Waals surface area contributed by atoms with Crippen LogP contribution in [-0.2, 0) is 0 Å². The maximum absolute atomic E-state index is 12.3. The van der Waals surface area contributed by atoms with Gasteiger partial charge in [0.1, 0.15) is 11.5 Å². The fourth-order valence-electron chi connectivity index (χ4n) is 1.74. The lowest BCUT2D eigenvalue weighted by Crippen LogP contribution is -2.17. The molecule has 0 fully saturated rings. The van der Waals surface area contributed by atoms with E-state index in [-0.39, 0.29) is 11.5 Å². The summed E-state index contributed by atoms with van der Waals surface area (Å²) in [5, 5.41) is 9.44. The van der Waals surface area contributed by atoms with Crippen LogP contribution in [0.1, 0.15) is 5.56 Å². The molecule has 2 aromatic carbocycles. The second kappa shape index (κ2) is 4.84. The second-order valence-corrected chi connectivity index (χ2v) is 4.05. The van der Waals surface area contributed by atoms with Gasteiger partial charge in [0, 0.05) is 5.56 Å². The molecule has 0 aliphatic rings. The predicted octanol–water partition coefficient (Wildman–Crippen LogP) is 4.27. The molecule has 0 bridgehead atoms. The van der Waals surface area contributed by atoms with Crippen LogP contribution in [0.4, 0.5) is 13.2 Å². The molecule has 1 N–H and O–H groups in total. The maximum Gasteiger partial charge on any atom is 0.573 e. The second-order valence-electron chi connectivity index (χ2n) is 4.05. The Hall–Kier alpha value is -2.17. The smallest absolute Gasteiger partial charge is 0.508 e. The quantitative estimate of drug-likeness (QED) is 0.881. The Labute approximate surface area is 108 Å². The van der Waals surface area contributed by atoms with Crippen molar-refractivity contribution >= 4 is 0 Å². The van der Waals surface area contributed by atoms with Gasteiger partial charge in [0.15, 0.2) is 0 Å². The Balaban J connectivity index is 2.47. The number of phenolic OH excluding ortho intramolecular Hbond substituents is 1. The van der Waals surface area contributed by atoms with Crippen LogP contribution in [0.5, 0.6) is 11.5 Å². The van der Waals surface area contributed by atoms with Crippen molar-refractivity contribution in [2.45, 2.75) is 13.3 Å². The third-order valence-corrected chi connectivity index (χ3v) is 2.62. The number of halogens is 3. The number of phenols is 1. The molecule has 100 valence electrons. The van der Waals surface area contributed by atoms with Gasteiger partial charge in [-0.05, 0) is 36.2 Å². The van der Waals surface area contributed by atoms with E-state index in [1.54, 1.807) is 25.1 Å². The number of aromatic hydroxyl groups is 1. The summed E-state index contributed by atoms with van der Waals surface area (Å²) in [5.74, 6) is -0.168. The van der Waals surface area contributed by atoms with Gasteiger partial charge in [-0.1, -0.05) is 24.3 Å². The van der Waals surface area contributed by atoms with E-state index in [0.717, 1.165) is 0 Å². The first-order chi connectivity index (χ1) is 8.87. The summed E-state index contributed by atoms with van der Waals surface area (Å²) in [6, 6.07) is 10.5. The molecule has 2 rings (SSSR count). The predicted molar refractivity (Wildman–Crippen MR) is 65.0 cm³/mol. The first kappa shape index (κ1) is 13.3. The fraction of sp³-hybridized carbons (Fsp3) is 0.143. The number of rotatable bonds is 2. The fourth-order valence-corrected chi connectivity index (χ4v) is 1.74. The van der Waals surface area contributed by atoms with Crippen molar-refractivity contribution in [2.24, 2.45) is 0 Å². The Bertz CT molecular complexity index is 591. The highest BCUT2D eigenvalue weighted by molar-refractivity contribution is 5.71. The molecular formula is C14H11F3O2. The minimum Gasteiger partial charge on any atom is -0.508 e. The van der Waals surface area contributed by atoms with E-state index in [2.05, 4.69) is 4.74 Å². The maximum atomic E-state index is 12.3.